The standard InChI is InChI=1S/C20H19Cl2N5O2S2.CO2/c1-11(2)31(28,29)19-18(13-5-6-16(21)17(22)7-13)24-20(30-19)27-10-15(12(3)25-27)14-8-23-26(4)9-14;2-1-3/h5-11H,1-4H3;. The van der Waals surface area contributed by atoms with Crippen molar-refractivity contribution in [2.75, 3.05) is 0 Å². The van der Waals surface area contributed by atoms with Gasteiger partial charge in [0, 0.05) is 36.1 Å². The number of nitrogens with zero attached hydrogens (tertiary/aromatic N) is 5. The lowest BCUT2D eigenvalue weighted by Gasteiger charge is -2.08. The third-order valence-electron chi connectivity index (χ3n) is 4.77. The number of sulfone groups is 1. The average Bonchev–Trinajstić information content (AvgIpc) is 3.48. The van der Waals surface area contributed by atoms with Gasteiger partial charge in [0.2, 0.25) is 5.13 Å². The number of benzene rings is 1. The van der Waals surface area contributed by atoms with Gasteiger partial charge in [-0.2, -0.15) is 19.8 Å². The topological polar surface area (TPSA) is 117 Å². The van der Waals surface area contributed by atoms with Crippen LogP contribution in [-0.4, -0.2) is 44.4 Å². The van der Waals surface area contributed by atoms with Gasteiger partial charge in [-0.25, -0.2) is 18.1 Å². The molecule has 34 heavy (non-hydrogen) atoms. The van der Waals surface area contributed by atoms with E-state index in [9.17, 15) is 8.42 Å². The number of aromatic nitrogens is 5. The molecule has 13 heteroatoms. The molecule has 0 saturated carbocycles. The predicted octanol–water partition coefficient (Wildman–Crippen LogP) is 4.61. The summed E-state index contributed by atoms with van der Waals surface area (Å²) in [5, 5.41) is 9.32. The summed E-state index contributed by atoms with van der Waals surface area (Å²) in [6.45, 7) is 5.18. The molecular formula is C21H19Cl2N5O4S2. The van der Waals surface area contributed by atoms with E-state index in [0.717, 1.165) is 28.2 Å². The molecule has 3 aromatic heterocycles. The second-order valence-electron chi connectivity index (χ2n) is 7.41. The van der Waals surface area contributed by atoms with Gasteiger partial charge in [0.25, 0.3) is 0 Å². The van der Waals surface area contributed by atoms with E-state index in [1.807, 2.05) is 26.4 Å². The summed E-state index contributed by atoms with van der Waals surface area (Å²) in [7, 11) is -1.75. The van der Waals surface area contributed by atoms with Crippen molar-refractivity contribution in [3.05, 3.63) is 52.5 Å². The lowest BCUT2D eigenvalue weighted by Crippen LogP contribution is -2.13. The Labute approximate surface area is 209 Å². The number of thiazole rings is 1. The Kier molecular flexibility index (Phi) is 7.74. The van der Waals surface area contributed by atoms with Crippen molar-refractivity contribution in [1.82, 2.24) is 24.5 Å². The molecule has 0 fully saturated rings. The molecule has 0 N–H and O–H groups in total. The highest BCUT2D eigenvalue weighted by Crippen LogP contribution is 2.38. The predicted molar refractivity (Wildman–Crippen MR) is 129 cm³/mol. The van der Waals surface area contributed by atoms with Crippen LogP contribution in [0.4, 0.5) is 0 Å². The summed E-state index contributed by atoms with van der Waals surface area (Å²) < 4.78 is 29.7. The molecule has 0 radical (unpaired) electrons. The molecule has 0 spiro atoms. The van der Waals surface area contributed by atoms with Crippen LogP contribution in [0.1, 0.15) is 19.5 Å². The Morgan fingerprint density at radius 2 is 1.76 bits per heavy atom. The first-order valence-electron chi connectivity index (χ1n) is 9.74. The van der Waals surface area contributed by atoms with Crippen molar-refractivity contribution >= 4 is 50.5 Å². The highest BCUT2D eigenvalue weighted by Gasteiger charge is 2.29. The van der Waals surface area contributed by atoms with Crippen molar-refractivity contribution in [2.24, 2.45) is 7.05 Å². The maximum Gasteiger partial charge on any atom is 0.373 e. The molecule has 3 heterocycles. The maximum absolute atomic E-state index is 13.1. The zero-order chi connectivity index (χ0) is 25.2. The summed E-state index contributed by atoms with van der Waals surface area (Å²) in [6.07, 6.45) is 5.73. The van der Waals surface area contributed by atoms with Crippen molar-refractivity contribution in [2.45, 2.75) is 30.2 Å². The summed E-state index contributed by atoms with van der Waals surface area (Å²) in [5.41, 5.74) is 3.51. The highest BCUT2D eigenvalue weighted by molar-refractivity contribution is 7.94. The van der Waals surface area contributed by atoms with E-state index in [2.05, 4.69) is 15.2 Å². The summed E-state index contributed by atoms with van der Waals surface area (Å²) in [6, 6.07) is 4.96. The lowest BCUT2D eigenvalue weighted by atomic mass is 10.1. The van der Waals surface area contributed by atoms with Crippen LogP contribution in [0.25, 0.3) is 27.5 Å². The number of hydrogen-bond donors (Lipinski definition) is 0. The number of hydrogen-bond acceptors (Lipinski definition) is 8. The summed E-state index contributed by atoms with van der Waals surface area (Å²) >= 11 is 13.3. The fraction of sp³-hybridized carbons (Fsp3) is 0.238. The smallest absolute Gasteiger partial charge is 0.275 e. The number of carbonyl (C=O) groups excluding carboxylic acids is 2. The maximum atomic E-state index is 13.1. The van der Waals surface area contributed by atoms with Crippen LogP contribution >= 0.6 is 34.5 Å². The summed E-state index contributed by atoms with van der Waals surface area (Å²) in [4.78, 5) is 20.9. The molecule has 4 aromatic rings. The van der Waals surface area contributed by atoms with Gasteiger partial charge in [-0.15, -0.1) is 0 Å². The molecule has 4 rings (SSSR count). The first-order valence-corrected chi connectivity index (χ1v) is 12.9. The molecule has 9 nitrogen and oxygen atoms in total. The Morgan fingerprint density at radius 1 is 1.09 bits per heavy atom. The van der Waals surface area contributed by atoms with Gasteiger partial charge in [-0.05, 0) is 32.9 Å². The van der Waals surface area contributed by atoms with Crippen molar-refractivity contribution in [3.8, 4) is 27.5 Å². The monoisotopic (exact) mass is 539 g/mol. The second kappa shape index (κ2) is 10.2. The minimum atomic E-state index is -3.59. The van der Waals surface area contributed by atoms with Crippen molar-refractivity contribution in [3.63, 3.8) is 0 Å². The third kappa shape index (κ3) is 5.13. The van der Waals surface area contributed by atoms with Gasteiger partial charge in [-0.3, -0.25) is 4.68 Å². The third-order valence-corrected chi connectivity index (χ3v) is 9.24. The van der Waals surface area contributed by atoms with Gasteiger partial charge in [0.15, 0.2) is 9.84 Å². The van der Waals surface area contributed by atoms with Gasteiger partial charge < -0.3 is 0 Å². The molecule has 0 aliphatic heterocycles. The first kappa shape index (κ1) is 25.8. The Bertz CT molecular complexity index is 1480. The lowest BCUT2D eigenvalue weighted by molar-refractivity contribution is -0.191. The van der Waals surface area contributed by atoms with Gasteiger partial charge in [0.1, 0.15) is 9.90 Å². The molecule has 0 amide bonds. The minimum absolute atomic E-state index is 0.173. The van der Waals surface area contributed by atoms with Gasteiger partial charge in [0.05, 0.1) is 27.2 Å². The molecule has 1 aromatic carbocycles. The van der Waals surface area contributed by atoms with E-state index in [0.29, 0.717) is 26.4 Å². The molecule has 0 bridgehead atoms. The van der Waals surface area contributed by atoms with Crippen LogP contribution in [0.15, 0.2) is 41.0 Å². The van der Waals surface area contributed by atoms with Crippen LogP contribution in [0.5, 0.6) is 0 Å². The molecule has 0 aliphatic carbocycles. The van der Waals surface area contributed by atoms with Crippen LogP contribution in [0.2, 0.25) is 10.0 Å². The number of halogens is 2. The van der Waals surface area contributed by atoms with E-state index in [1.165, 1.54) is 0 Å². The zero-order valence-electron chi connectivity index (χ0n) is 18.5. The van der Waals surface area contributed by atoms with E-state index in [-0.39, 0.29) is 10.4 Å². The quantitative estimate of drug-likeness (QED) is 0.363. The Hall–Kier alpha value is -2.82. The van der Waals surface area contributed by atoms with E-state index < -0.39 is 15.1 Å². The van der Waals surface area contributed by atoms with Crippen molar-refractivity contribution in [1.29, 1.82) is 0 Å². The van der Waals surface area contributed by atoms with E-state index in [4.69, 9.17) is 32.8 Å². The number of aryl methyl sites for hydroxylation is 2. The fourth-order valence-electron chi connectivity index (χ4n) is 3.03. The minimum Gasteiger partial charge on any atom is -0.275 e. The second-order valence-corrected chi connectivity index (χ2v) is 11.9. The highest BCUT2D eigenvalue weighted by atomic mass is 35.5. The molecule has 0 atom stereocenters. The van der Waals surface area contributed by atoms with E-state index >= 15 is 0 Å². The molecule has 0 saturated heterocycles. The number of rotatable bonds is 5. The van der Waals surface area contributed by atoms with E-state index in [1.54, 1.807) is 47.6 Å². The zero-order valence-corrected chi connectivity index (χ0v) is 21.6. The average molecular weight is 540 g/mol. The van der Waals surface area contributed by atoms with Gasteiger partial charge in [-0.1, -0.05) is 40.6 Å². The van der Waals surface area contributed by atoms with Crippen LogP contribution in [0.3, 0.4) is 0 Å². The van der Waals surface area contributed by atoms with Crippen LogP contribution in [-0.2, 0) is 26.5 Å². The molecular weight excluding hydrogens is 521 g/mol. The SMILES string of the molecule is Cc1nn(-c2nc(-c3ccc(Cl)c(Cl)c3)c(S(=O)(=O)C(C)C)s2)cc1-c1cnn(C)c1.O=C=O. The normalized spacial score (nSPS) is 11.3. The van der Waals surface area contributed by atoms with Crippen molar-refractivity contribution < 1.29 is 18.0 Å². The summed E-state index contributed by atoms with van der Waals surface area (Å²) in [5.74, 6) is 0. The largest absolute Gasteiger partial charge is 0.373 e. The Morgan fingerprint density at radius 3 is 2.32 bits per heavy atom. The fourth-order valence-corrected chi connectivity index (χ4v) is 6.20. The van der Waals surface area contributed by atoms with Crippen LogP contribution < -0.4 is 0 Å². The molecule has 0 unspecified atom stereocenters. The Balaban J connectivity index is 0.00000103. The molecule has 0 aliphatic rings. The van der Waals surface area contributed by atoms with Gasteiger partial charge >= 0.3 is 6.15 Å². The molecule has 178 valence electrons. The van der Waals surface area contributed by atoms with Crippen LogP contribution in [0, 0.1) is 6.92 Å². The first-order chi connectivity index (χ1) is 16.0.